The molecule has 0 atom stereocenters. The van der Waals surface area contributed by atoms with E-state index < -0.39 is 0 Å². The van der Waals surface area contributed by atoms with Gasteiger partial charge in [0, 0.05) is 5.56 Å². The first kappa shape index (κ1) is 14.5. The van der Waals surface area contributed by atoms with E-state index in [0.717, 1.165) is 27.6 Å². The Kier molecular flexibility index (Phi) is 3.36. The minimum Gasteiger partial charge on any atom is -0.493 e. The third kappa shape index (κ3) is 2.33. The maximum absolute atomic E-state index is 10.3. The quantitative estimate of drug-likeness (QED) is 0.716. The summed E-state index contributed by atoms with van der Waals surface area (Å²) in [5.41, 5.74) is 7.55. The second-order valence-corrected chi connectivity index (χ2v) is 6.08. The number of aryl methyl sites for hydroxylation is 4. The van der Waals surface area contributed by atoms with E-state index >= 15 is 0 Å². The molecule has 0 saturated heterocycles. The maximum Gasteiger partial charge on any atom is 0.222 e. The van der Waals surface area contributed by atoms with E-state index in [9.17, 15) is 5.11 Å². The van der Waals surface area contributed by atoms with Gasteiger partial charge in [0.1, 0.15) is 0 Å². The lowest BCUT2D eigenvalue weighted by atomic mass is 10.00. The average molecular weight is 292 g/mol. The van der Waals surface area contributed by atoms with Crippen LogP contribution in [-0.2, 0) is 0 Å². The summed E-state index contributed by atoms with van der Waals surface area (Å²) in [6.45, 7) is 10.3. The first-order valence-electron chi connectivity index (χ1n) is 7.43. The molecule has 0 aliphatic heterocycles. The van der Waals surface area contributed by atoms with Gasteiger partial charge in [-0.1, -0.05) is 6.07 Å². The van der Waals surface area contributed by atoms with E-state index in [1.807, 2.05) is 26.0 Å². The summed E-state index contributed by atoms with van der Waals surface area (Å²) in [5, 5.41) is 11.1. The molecule has 1 heterocycles. The molecule has 1 N–H and O–H groups in total. The van der Waals surface area contributed by atoms with Crippen LogP contribution in [0, 0.1) is 34.6 Å². The fraction of sp³-hybridized carbons (Fsp3) is 0.263. The molecular weight excluding hydrogens is 272 g/mol. The van der Waals surface area contributed by atoms with Crippen molar-refractivity contribution in [1.29, 1.82) is 0 Å². The Balaban J connectivity index is 2.29. The second-order valence-electron chi connectivity index (χ2n) is 6.08. The van der Waals surface area contributed by atoms with Crippen LogP contribution in [-0.4, -0.2) is 15.1 Å². The molecule has 3 aromatic rings. The lowest BCUT2D eigenvalue weighted by molar-refractivity contribution is 0.460. The van der Waals surface area contributed by atoms with Crippen molar-refractivity contribution in [3.05, 3.63) is 52.1 Å². The Bertz CT molecular complexity index is 875. The zero-order valence-corrected chi connectivity index (χ0v) is 13.7. The van der Waals surface area contributed by atoms with E-state index in [2.05, 4.69) is 42.9 Å². The van der Waals surface area contributed by atoms with Crippen LogP contribution in [0.25, 0.3) is 22.3 Å². The first-order chi connectivity index (χ1) is 10.4. The van der Waals surface area contributed by atoms with E-state index in [1.54, 1.807) is 0 Å². The molecule has 0 radical (unpaired) electrons. The lowest BCUT2D eigenvalue weighted by Crippen LogP contribution is -1.96. The van der Waals surface area contributed by atoms with Crippen LogP contribution >= 0.6 is 0 Å². The topological polar surface area (TPSA) is 46.0 Å². The smallest absolute Gasteiger partial charge is 0.222 e. The number of nitrogens with zero attached hydrogens (tertiary/aromatic N) is 2. The van der Waals surface area contributed by atoms with E-state index in [1.165, 1.54) is 16.7 Å². The summed E-state index contributed by atoms with van der Waals surface area (Å²) >= 11 is 0. The molecule has 1 aromatic heterocycles. The van der Waals surface area contributed by atoms with E-state index in [4.69, 9.17) is 0 Å². The number of fused-ring (bicyclic) bond motifs is 1. The van der Waals surface area contributed by atoms with Crippen LogP contribution < -0.4 is 0 Å². The number of hydrogen-bond acceptors (Lipinski definition) is 3. The molecule has 0 spiro atoms. The Morgan fingerprint density at radius 1 is 0.773 bits per heavy atom. The van der Waals surface area contributed by atoms with Crippen molar-refractivity contribution in [1.82, 2.24) is 9.97 Å². The molecule has 3 nitrogen and oxygen atoms in total. The Morgan fingerprint density at radius 3 is 2.05 bits per heavy atom. The molecule has 2 aromatic carbocycles. The first-order valence-corrected chi connectivity index (χ1v) is 7.43. The highest BCUT2D eigenvalue weighted by Crippen LogP contribution is 2.30. The van der Waals surface area contributed by atoms with Gasteiger partial charge in [0.15, 0.2) is 5.82 Å². The zero-order chi connectivity index (χ0) is 16.0. The molecule has 3 heteroatoms. The summed E-state index contributed by atoms with van der Waals surface area (Å²) in [5.74, 6) is 0.620. The third-order valence-corrected chi connectivity index (χ3v) is 4.31. The fourth-order valence-electron chi connectivity index (χ4n) is 2.91. The highest BCUT2D eigenvalue weighted by atomic mass is 16.3. The van der Waals surface area contributed by atoms with Crippen LogP contribution in [0.4, 0.5) is 0 Å². The van der Waals surface area contributed by atoms with Gasteiger partial charge in [-0.3, -0.25) is 0 Å². The largest absolute Gasteiger partial charge is 0.493 e. The molecule has 0 unspecified atom stereocenters. The number of benzene rings is 2. The van der Waals surface area contributed by atoms with Crippen molar-refractivity contribution in [2.75, 3.05) is 0 Å². The predicted molar refractivity (Wildman–Crippen MR) is 90.3 cm³/mol. The Hall–Kier alpha value is -2.42. The molecule has 0 bridgehead atoms. The van der Waals surface area contributed by atoms with Gasteiger partial charge in [0.05, 0.1) is 10.9 Å². The molecule has 3 rings (SSSR count). The Morgan fingerprint density at radius 2 is 1.41 bits per heavy atom. The van der Waals surface area contributed by atoms with Crippen molar-refractivity contribution in [3.8, 4) is 17.3 Å². The number of rotatable bonds is 1. The van der Waals surface area contributed by atoms with Crippen LogP contribution in [0.1, 0.15) is 27.8 Å². The van der Waals surface area contributed by atoms with Gasteiger partial charge in [-0.05, 0) is 80.6 Å². The Labute approximate surface area is 130 Å². The zero-order valence-electron chi connectivity index (χ0n) is 13.7. The van der Waals surface area contributed by atoms with Crippen molar-refractivity contribution in [3.63, 3.8) is 0 Å². The number of aromatic nitrogens is 2. The minimum atomic E-state index is 0.0494. The molecule has 22 heavy (non-hydrogen) atoms. The summed E-state index contributed by atoms with van der Waals surface area (Å²) in [7, 11) is 0. The van der Waals surface area contributed by atoms with Crippen LogP contribution in [0.15, 0.2) is 24.3 Å². The molecule has 0 aliphatic rings. The summed E-state index contributed by atoms with van der Waals surface area (Å²) in [4.78, 5) is 8.99. The summed E-state index contributed by atoms with van der Waals surface area (Å²) < 4.78 is 0. The highest BCUT2D eigenvalue weighted by molar-refractivity contribution is 5.88. The van der Waals surface area contributed by atoms with Crippen molar-refractivity contribution in [2.24, 2.45) is 0 Å². The molecule has 112 valence electrons. The molecular formula is C19H20N2O. The standard InChI is InChI=1S/C19H20N2O/c1-10-6-13(4)17-16(7-10)20-18(21-19(17)22)15-8-11(2)14(5)12(3)9-15/h6-9H,1-5H3,(H,20,21,22). The molecule has 0 saturated carbocycles. The van der Waals surface area contributed by atoms with Gasteiger partial charge >= 0.3 is 0 Å². The van der Waals surface area contributed by atoms with Gasteiger partial charge in [-0.15, -0.1) is 0 Å². The van der Waals surface area contributed by atoms with Gasteiger partial charge in [-0.25, -0.2) is 4.98 Å². The molecule has 0 fully saturated rings. The molecule has 0 amide bonds. The van der Waals surface area contributed by atoms with Crippen molar-refractivity contribution < 1.29 is 5.11 Å². The van der Waals surface area contributed by atoms with Crippen LogP contribution in [0.5, 0.6) is 5.88 Å². The summed E-state index contributed by atoms with van der Waals surface area (Å²) in [6, 6.07) is 8.17. The second kappa shape index (κ2) is 5.09. The predicted octanol–water partition coefficient (Wildman–Crippen LogP) is 4.54. The fourth-order valence-corrected chi connectivity index (χ4v) is 2.91. The monoisotopic (exact) mass is 292 g/mol. The van der Waals surface area contributed by atoms with Gasteiger partial charge in [0.2, 0.25) is 5.88 Å². The van der Waals surface area contributed by atoms with Gasteiger partial charge < -0.3 is 5.11 Å². The van der Waals surface area contributed by atoms with Crippen LogP contribution in [0.2, 0.25) is 0 Å². The lowest BCUT2D eigenvalue weighted by Gasteiger charge is -2.11. The number of hydrogen-bond donors (Lipinski definition) is 1. The van der Waals surface area contributed by atoms with Crippen LogP contribution in [0.3, 0.4) is 0 Å². The minimum absolute atomic E-state index is 0.0494. The average Bonchev–Trinajstić information content (AvgIpc) is 2.42. The summed E-state index contributed by atoms with van der Waals surface area (Å²) in [6.07, 6.45) is 0. The highest BCUT2D eigenvalue weighted by Gasteiger charge is 2.12. The molecule has 0 aliphatic carbocycles. The normalized spacial score (nSPS) is 11.1. The van der Waals surface area contributed by atoms with E-state index in [-0.39, 0.29) is 5.88 Å². The maximum atomic E-state index is 10.3. The third-order valence-electron chi connectivity index (χ3n) is 4.31. The number of aromatic hydroxyl groups is 1. The van der Waals surface area contributed by atoms with Gasteiger partial charge in [0.25, 0.3) is 0 Å². The van der Waals surface area contributed by atoms with Gasteiger partial charge in [-0.2, -0.15) is 4.98 Å². The van der Waals surface area contributed by atoms with Crippen molar-refractivity contribution >= 4 is 10.9 Å². The van der Waals surface area contributed by atoms with Crippen molar-refractivity contribution in [2.45, 2.75) is 34.6 Å². The van der Waals surface area contributed by atoms with E-state index in [0.29, 0.717) is 5.82 Å². The SMILES string of the molecule is Cc1cc(C)c2c(O)nc(-c3cc(C)c(C)c(C)c3)nc2c1.